The first kappa shape index (κ1) is 21.5. The summed E-state index contributed by atoms with van der Waals surface area (Å²) in [6, 6.07) is 7.80. The Balaban J connectivity index is 1.52. The molecule has 0 spiro atoms. The maximum absolute atomic E-state index is 12.3. The molecule has 30 heavy (non-hydrogen) atoms. The van der Waals surface area contributed by atoms with Crippen molar-refractivity contribution in [3.8, 4) is 0 Å². The number of carbonyl (C=O) groups excluding carboxylic acids is 2. The van der Waals surface area contributed by atoms with Crippen LogP contribution in [0.1, 0.15) is 47.0 Å². The Labute approximate surface area is 174 Å². The molecule has 0 aliphatic carbocycles. The lowest BCUT2D eigenvalue weighted by Crippen LogP contribution is -2.43. The van der Waals surface area contributed by atoms with Gasteiger partial charge in [-0.1, -0.05) is 6.42 Å². The normalized spacial score (nSPS) is 15.4. The van der Waals surface area contributed by atoms with Crippen LogP contribution in [-0.2, 0) is 4.79 Å². The minimum absolute atomic E-state index is 0.0442. The number of rotatable bonds is 8. The summed E-state index contributed by atoms with van der Waals surface area (Å²) >= 11 is 0. The summed E-state index contributed by atoms with van der Waals surface area (Å²) in [4.78, 5) is 37.2. The van der Waals surface area contributed by atoms with Crippen LogP contribution < -0.4 is 10.6 Å². The molecule has 3 rings (SSSR count). The molecule has 9 nitrogen and oxygen atoms in total. The Bertz CT molecular complexity index is 891. The first-order chi connectivity index (χ1) is 14.5. The number of nitro benzene ring substituents is 1. The van der Waals surface area contributed by atoms with Gasteiger partial charge in [0.05, 0.1) is 23.8 Å². The van der Waals surface area contributed by atoms with E-state index in [1.165, 1.54) is 24.6 Å². The van der Waals surface area contributed by atoms with Crippen molar-refractivity contribution in [3.05, 3.63) is 63.6 Å². The van der Waals surface area contributed by atoms with Gasteiger partial charge in [0, 0.05) is 23.7 Å². The number of likely N-dealkylation sites (tertiary alicyclic amines) is 1. The first-order valence-electron chi connectivity index (χ1n) is 10.0. The smallest absolute Gasteiger partial charge is 0.272 e. The zero-order chi connectivity index (χ0) is 21.5. The molecule has 2 amide bonds. The van der Waals surface area contributed by atoms with E-state index in [9.17, 15) is 19.7 Å². The number of furan rings is 1. The quantitative estimate of drug-likeness (QED) is 0.506. The number of hydrogen-bond acceptors (Lipinski definition) is 6. The van der Waals surface area contributed by atoms with Gasteiger partial charge < -0.3 is 15.1 Å². The summed E-state index contributed by atoms with van der Waals surface area (Å²) in [7, 11) is 0. The van der Waals surface area contributed by atoms with Crippen LogP contribution in [0, 0.1) is 17.0 Å². The van der Waals surface area contributed by atoms with E-state index in [0.29, 0.717) is 12.1 Å². The minimum atomic E-state index is -0.498. The lowest BCUT2D eigenvalue weighted by atomic mass is 10.1. The van der Waals surface area contributed by atoms with Crippen LogP contribution in [0.25, 0.3) is 0 Å². The molecule has 1 aliphatic rings. The minimum Gasteiger partial charge on any atom is -0.468 e. The number of benzene rings is 1. The number of piperidine rings is 1. The molecule has 160 valence electrons. The highest BCUT2D eigenvalue weighted by Gasteiger charge is 2.25. The molecule has 1 aromatic heterocycles. The number of nitrogens with one attached hydrogen (secondary N) is 2. The highest BCUT2D eigenvalue weighted by molar-refractivity contribution is 5.96. The SMILES string of the molecule is Cc1cc(C(=O)NCC(=O)NCC(c2ccco2)N2CCCCC2)ccc1[N+](=O)[O-]. The van der Waals surface area contributed by atoms with Gasteiger partial charge >= 0.3 is 0 Å². The van der Waals surface area contributed by atoms with Crippen LogP contribution in [-0.4, -0.2) is 47.8 Å². The van der Waals surface area contributed by atoms with E-state index in [4.69, 9.17) is 4.42 Å². The van der Waals surface area contributed by atoms with Crippen molar-refractivity contribution in [2.45, 2.75) is 32.2 Å². The molecule has 9 heteroatoms. The zero-order valence-corrected chi connectivity index (χ0v) is 16.9. The number of hydrogen-bond donors (Lipinski definition) is 2. The van der Waals surface area contributed by atoms with Crippen molar-refractivity contribution < 1.29 is 18.9 Å². The van der Waals surface area contributed by atoms with Gasteiger partial charge in [-0.3, -0.25) is 24.6 Å². The van der Waals surface area contributed by atoms with Crippen LogP contribution >= 0.6 is 0 Å². The summed E-state index contributed by atoms with van der Waals surface area (Å²) in [5, 5.41) is 16.3. The van der Waals surface area contributed by atoms with Crippen molar-refractivity contribution in [2.75, 3.05) is 26.2 Å². The lowest BCUT2D eigenvalue weighted by molar-refractivity contribution is -0.385. The summed E-state index contributed by atoms with van der Waals surface area (Å²) in [5.41, 5.74) is 0.610. The molecule has 0 radical (unpaired) electrons. The van der Waals surface area contributed by atoms with E-state index in [1.807, 2.05) is 12.1 Å². The van der Waals surface area contributed by atoms with Crippen LogP contribution in [0.4, 0.5) is 5.69 Å². The number of nitrogens with zero attached hydrogens (tertiary/aromatic N) is 2. The van der Waals surface area contributed by atoms with Crippen molar-refractivity contribution in [1.29, 1.82) is 0 Å². The second-order valence-electron chi connectivity index (χ2n) is 7.37. The fourth-order valence-electron chi connectivity index (χ4n) is 3.66. The topological polar surface area (TPSA) is 118 Å². The molecule has 0 bridgehead atoms. The number of aryl methyl sites for hydroxylation is 1. The van der Waals surface area contributed by atoms with Crippen LogP contribution in [0.15, 0.2) is 41.0 Å². The van der Waals surface area contributed by atoms with Crippen molar-refractivity contribution in [1.82, 2.24) is 15.5 Å². The Hall–Kier alpha value is -3.20. The predicted molar refractivity (Wildman–Crippen MR) is 110 cm³/mol. The Morgan fingerprint density at radius 2 is 1.97 bits per heavy atom. The highest BCUT2D eigenvalue weighted by Crippen LogP contribution is 2.24. The van der Waals surface area contributed by atoms with Crippen LogP contribution in [0.3, 0.4) is 0 Å². The third kappa shape index (κ3) is 5.44. The standard InChI is InChI=1S/C21H26N4O5/c1-15-12-16(7-8-17(15)25(28)29)21(27)23-14-20(26)22-13-18(19-6-5-11-30-19)24-9-3-2-4-10-24/h5-8,11-12,18H,2-4,9-10,13-14H2,1H3,(H,22,26)(H,23,27). The molecule has 1 atom stereocenters. The third-order valence-corrected chi connectivity index (χ3v) is 5.26. The summed E-state index contributed by atoms with van der Waals surface area (Å²) in [5.74, 6) is 0.0416. The molecule has 1 aliphatic heterocycles. The average Bonchev–Trinajstić information content (AvgIpc) is 3.27. The maximum atomic E-state index is 12.3. The summed E-state index contributed by atoms with van der Waals surface area (Å²) < 4.78 is 5.56. The van der Waals surface area contributed by atoms with E-state index in [0.717, 1.165) is 31.7 Å². The van der Waals surface area contributed by atoms with E-state index in [-0.39, 0.29) is 29.7 Å². The number of nitro groups is 1. The molecule has 2 aromatic rings. The Morgan fingerprint density at radius 3 is 2.60 bits per heavy atom. The fourth-order valence-corrected chi connectivity index (χ4v) is 3.66. The number of amides is 2. The first-order valence-corrected chi connectivity index (χ1v) is 10.0. The highest BCUT2D eigenvalue weighted by atomic mass is 16.6. The maximum Gasteiger partial charge on any atom is 0.272 e. The van der Waals surface area contributed by atoms with Gasteiger partial charge in [0.15, 0.2) is 0 Å². The molecular formula is C21H26N4O5. The van der Waals surface area contributed by atoms with Gasteiger partial charge in [-0.05, 0) is 57.1 Å². The van der Waals surface area contributed by atoms with Gasteiger partial charge in [-0.2, -0.15) is 0 Å². The van der Waals surface area contributed by atoms with Crippen LogP contribution in [0.2, 0.25) is 0 Å². The molecule has 1 unspecified atom stereocenters. The molecule has 1 aromatic carbocycles. The Kier molecular flexibility index (Phi) is 7.18. The van der Waals surface area contributed by atoms with Crippen molar-refractivity contribution in [3.63, 3.8) is 0 Å². The molecule has 1 saturated heterocycles. The van der Waals surface area contributed by atoms with E-state index in [2.05, 4.69) is 15.5 Å². The van der Waals surface area contributed by atoms with Gasteiger partial charge in [0.1, 0.15) is 5.76 Å². The van der Waals surface area contributed by atoms with E-state index >= 15 is 0 Å². The zero-order valence-electron chi connectivity index (χ0n) is 16.9. The molecular weight excluding hydrogens is 388 g/mol. The second-order valence-corrected chi connectivity index (χ2v) is 7.37. The van der Waals surface area contributed by atoms with Crippen molar-refractivity contribution in [2.24, 2.45) is 0 Å². The molecule has 0 saturated carbocycles. The molecule has 1 fully saturated rings. The van der Waals surface area contributed by atoms with Gasteiger partial charge in [0.2, 0.25) is 5.91 Å². The van der Waals surface area contributed by atoms with Gasteiger partial charge in [0.25, 0.3) is 11.6 Å². The monoisotopic (exact) mass is 414 g/mol. The molecule has 2 heterocycles. The largest absolute Gasteiger partial charge is 0.468 e. The predicted octanol–water partition coefficient (Wildman–Crippen LogP) is 2.57. The fraction of sp³-hybridized carbons (Fsp3) is 0.429. The summed E-state index contributed by atoms with van der Waals surface area (Å²) in [6.07, 6.45) is 5.08. The second kappa shape index (κ2) is 10.0. The van der Waals surface area contributed by atoms with Crippen molar-refractivity contribution >= 4 is 17.5 Å². The molecule has 2 N–H and O–H groups in total. The number of carbonyl (C=O) groups is 2. The van der Waals surface area contributed by atoms with Gasteiger partial charge in [-0.15, -0.1) is 0 Å². The Morgan fingerprint density at radius 1 is 1.20 bits per heavy atom. The average molecular weight is 414 g/mol. The summed E-state index contributed by atoms with van der Waals surface area (Å²) in [6.45, 7) is 3.69. The lowest BCUT2D eigenvalue weighted by Gasteiger charge is -2.33. The van der Waals surface area contributed by atoms with Crippen LogP contribution in [0.5, 0.6) is 0 Å². The van der Waals surface area contributed by atoms with Gasteiger partial charge in [-0.25, -0.2) is 0 Å². The van der Waals surface area contributed by atoms with E-state index < -0.39 is 10.8 Å². The third-order valence-electron chi connectivity index (χ3n) is 5.26. The van der Waals surface area contributed by atoms with E-state index in [1.54, 1.807) is 13.2 Å².